The first kappa shape index (κ1) is 23.1. The number of halogens is 2. The predicted molar refractivity (Wildman–Crippen MR) is 118 cm³/mol. The molecule has 33 heavy (non-hydrogen) atoms. The second kappa shape index (κ2) is 9.03. The predicted octanol–water partition coefficient (Wildman–Crippen LogP) is 2.34. The van der Waals surface area contributed by atoms with Crippen LogP contribution in [0.1, 0.15) is 39.9 Å². The summed E-state index contributed by atoms with van der Waals surface area (Å²) >= 11 is 6.15. The first-order valence-electron chi connectivity index (χ1n) is 10.4. The fourth-order valence-corrected chi connectivity index (χ4v) is 4.17. The van der Waals surface area contributed by atoms with E-state index in [1.807, 2.05) is 0 Å². The number of aryl methyl sites for hydroxylation is 2. The van der Waals surface area contributed by atoms with E-state index < -0.39 is 35.8 Å². The topological polar surface area (TPSA) is 128 Å². The van der Waals surface area contributed by atoms with Crippen molar-refractivity contribution in [2.45, 2.75) is 38.3 Å². The van der Waals surface area contributed by atoms with Gasteiger partial charge >= 0.3 is 5.97 Å². The minimum Gasteiger partial charge on any atom is -0.488 e. The van der Waals surface area contributed by atoms with Crippen LogP contribution in [-0.2, 0) is 4.79 Å². The summed E-state index contributed by atoms with van der Waals surface area (Å²) in [6.07, 6.45) is -0.319. The zero-order chi connectivity index (χ0) is 23.9. The molecule has 2 fully saturated rings. The van der Waals surface area contributed by atoms with Gasteiger partial charge in [0.25, 0.3) is 5.91 Å². The molecule has 0 saturated carbocycles. The summed E-state index contributed by atoms with van der Waals surface area (Å²) in [6.45, 7) is 4.07. The molecule has 3 heterocycles. The number of rotatable bonds is 5. The Labute approximate surface area is 194 Å². The maximum absolute atomic E-state index is 13.9. The van der Waals surface area contributed by atoms with Crippen molar-refractivity contribution in [1.29, 1.82) is 5.41 Å². The summed E-state index contributed by atoms with van der Waals surface area (Å²) in [6, 6.07) is 2.87. The lowest BCUT2D eigenvalue weighted by Gasteiger charge is -2.20. The maximum Gasteiger partial charge on any atom is 0.320 e. The molecule has 1 amide bonds. The Morgan fingerprint density at radius 1 is 1.30 bits per heavy atom. The molecule has 3 unspecified atom stereocenters. The van der Waals surface area contributed by atoms with Gasteiger partial charge in [-0.3, -0.25) is 9.59 Å². The molecule has 11 heteroatoms. The molecular formula is C22H23ClFN5O4. The summed E-state index contributed by atoms with van der Waals surface area (Å²) in [5.41, 5.74) is 1.65. The van der Waals surface area contributed by atoms with Gasteiger partial charge in [0, 0.05) is 31.3 Å². The third-order valence-corrected chi connectivity index (χ3v) is 6.39. The SMILES string of the molecule is Cc1nc(C2CN(C(=O)c3ccc(F)cc3OC3CNC(C(=O)O)C3)CC2=N)nc(C)c1Cl. The van der Waals surface area contributed by atoms with Crippen LogP contribution in [0.3, 0.4) is 0 Å². The minimum atomic E-state index is -0.992. The highest BCUT2D eigenvalue weighted by Crippen LogP contribution is 2.30. The molecule has 3 atom stereocenters. The average Bonchev–Trinajstić information content (AvgIpc) is 3.38. The summed E-state index contributed by atoms with van der Waals surface area (Å²) < 4.78 is 19.8. The third kappa shape index (κ3) is 4.67. The molecule has 0 aliphatic carbocycles. The van der Waals surface area contributed by atoms with Crippen molar-refractivity contribution in [3.05, 3.63) is 51.8 Å². The fourth-order valence-electron chi connectivity index (χ4n) is 4.09. The molecule has 2 aromatic rings. The number of nitrogens with zero attached hydrogens (tertiary/aromatic N) is 3. The Kier molecular flexibility index (Phi) is 6.31. The highest BCUT2D eigenvalue weighted by Gasteiger charge is 2.36. The van der Waals surface area contributed by atoms with E-state index in [4.69, 9.17) is 26.9 Å². The molecule has 2 saturated heterocycles. The largest absolute Gasteiger partial charge is 0.488 e. The van der Waals surface area contributed by atoms with E-state index in [0.29, 0.717) is 27.9 Å². The van der Waals surface area contributed by atoms with E-state index >= 15 is 0 Å². The van der Waals surface area contributed by atoms with E-state index in [0.717, 1.165) is 6.07 Å². The molecule has 2 aliphatic heterocycles. The van der Waals surface area contributed by atoms with Gasteiger partial charge < -0.3 is 25.5 Å². The van der Waals surface area contributed by atoms with Crippen LogP contribution in [0.5, 0.6) is 5.75 Å². The number of carbonyl (C=O) groups is 2. The van der Waals surface area contributed by atoms with Crippen LogP contribution in [0.15, 0.2) is 18.2 Å². The number of nitrogens with one attached hydrogen (secondary N) is 2. The molecule has 0 spiro atoms. The van der Waals surface area contributed by atoms with Gasteiger partial charge in [0.05, 0.1) is 34.4 Å². The molecule has 4 rings (SSSR count). The van der Waals surface area contributed by atoms with E-state index in [2.05, 4.69) is 15.3 Å². The molecule has 1 aromatic heterocycles. The van der Waals surface area contributed by atoms with Crippen LogP contribution < -0.4 is 10.1 Å². The molecule has 3 N–H and O–H groups in total. The van der Waals surface area contributed by atoms with Crippen molar-refractivity contribution in [2.75, 3.05) is 19.6 Å². The average molecular weight is 476 g/mol. The summed E-state index contributed by atoms with van der Waals surface area (Å²) in [7, 11) is 0. The van der Waals surface area contributed by atoms with Crippen LogP contribution in [0.25, 0.3) is 0 Å². The molecule has 2 aliphatic rings. The van der Waals surface area contributed by atoms with Gasteiger partial charge in [-0.05, 0) is 26.0 Å². The smallest absolute Gasteiger partial charge is 0.320 e. The number of hydrogen-bond donors (Lipinski definition) is 3. The first-order valence-corrected chi connectivity index (χ1v) is 10.8. The fraction of sp³-hybridized carbons (Fsp3) is 0.409. The van der Waals surface area contributed by atoms with Crippen molar-refractivity contribution in [3.8, 4) is 5.75 Å². The van der Waals surface area contributed by atoms with Crippen molar-refractivity contribution in [1.82, 2.24) is 20.2 Å². The number of benzene rings is 1. The Hall–Kier alpha value is -3.11. The van der Waals surface area contributed by atoms with Crippen LogP contribution >= 0.6 is 11.6 Å². The van der Waals surface area contributed by atoms with Crippen molar-refractivity contribution >= 4 is 29.2 Å². The monoisotopic (exact) mass is 475 g/mol. The number of hydrogen-bond acceptors (Lipinski definition) is 7. The lowest BCUT2D eigenvalue weighted by Crippen LogP contribution is -2.30. The van der Waals surface area contributed by atoms with Gasteiger partial charge in [-0.25, -0.2) is 14.4 Å². The molecule has 1 aromatic carbocycles. The Bertz CT molecular complexity index is 1120. The van der Waals surface area contributed by atoms with E-state index in [9.17, 15) is 14.0 Å². The highest BCUT2D eigenvalue weighted by atomic mass is 35.5. The van der Waals surface area contributed by atoms with Crippen molar-refractivity contribution in [2.24, 2.45) is 0 Å². The number of aliphatic carboxylic acids is 1. The van der Waals surface area contributed by atoms with Gasteiger partial charge in [0.15, 0.2) is 0 Å². The van der Waals surface area contributed by atoms with Crippen LogP contribution in [-0.4, -0.2) is 69.3 Å². The van der Waals surface area contributed by atoms with Crippen molar-refractivity contribution < 1.29 is 23.8 Å². The van der Waals surface area contributed by atoms with Crippen LogP contribution in [0.4, 0.5) is 4.39 Å². The summed E-state index contributed by atoms with van der Waals surface area (Å²) in [4.78, 5) is 34.7. The Morgan fingerprint density at radius 2 is 2.00 bits per heavy atom. The Balaban J connectivity index is 1.54. The Morgan fingerprint density at radius 3 is 2.64 bits per heavy atom. The number of carboxylic acid groups (broad SMARTS) is 1. The standard InChI is InChI=1S/C22H23ClFN5O4/c1-10-19(23)11(2)28-20(27-10)15-8-29(9-16(15)25)21(30)14-4-3-12(24)5-18(14)33-13-6-17(22(31)32)26-7-13/h3-5,13,15,17,25-26H,6-9H2,1-2H3,(H,31,32). The lowest BCUT2D eigenvalue weighted by molar-refractivity contribution is -0.139. The molecular weight excluding hydrogens is 453 g/mol. The van der Waals surface area contributed by atoms with Gasteiger partial charge in [0.2, 0.25) is 0 Å². The second-order valence-electron chi connectivity index (χ2n) is 8.25. The maximum atomic E-state index is 13.9. The van der Waals surface area contributed by atoms with Gasteiger partial charge in [-0.15, -0.1) is 0 Å². The lowest BCUT2D eigenvalue weighted by atomic mass is 10.1. The van der Waals surface area contributed by atoms with Gasteiger partial charge in [0.1, 0.15) is 29.5 Å². The van der Waals surface area contributed by atoms with Crippen LogP contribution in [0, 0.1) is 25.1 Å². The van der Waals surface area contributed by atoms with E-state index in [1.165, 1.54) is 17.0 Å². The number of carbonyl (C=O) groups excluding carboxylic acids is 1. The van der Waals surface area contributed by atoms with Crippen LogP contribution in [0.2, 0.25) is 5.02 Å². The number of likely N-dealkylation sites (tertiary alicyclic amines) is 1. The molecule has 174 valence electrons. The molecule has 9 nitrogen and oxygen atoms in total. The van der Waals surface area contributed by atoms with Gasteiger partial charge in [-0.2, -0.15) is 0 Å². The van der Waals surface area contributed by atoms with Crippen molar-refractivity contribution in [3.63, 3.8) is 0 Å². The second-order valence-corrected chi connectivity index (χ2v) is 8.62. The summed E-state index contributed by atoms with van der Waals surface area (Å²) in [5.74, 6) is -1.98. The first-order chi connectivity index (χ1) is 15.6. The number of carboxylic acids is 1. The zero-order valence-corrected chi connectivity index (χ0v) is 18.8. The normalized spacial score (nSPS) is 22.6. The summed E-state index contributed by atoms with van der Waals surface area (Å²) in [5, 5.41) is 20.8. The van der Waals surface area contributed by atoms with E-state index in [1.54, 1.807) is 13.8 Å². The number of amides is 1. The molecule has 0 bridgehead atoms. The third-order valence-electron chi connectivity index (χ3n) is 5.84. The molecule has 0 radical (unpaired) electrons. The van der Waals surface area contributed by atoms with Gasteiger partial charge in [-0.1, -0.05) is 11.6 Å². The number of aromatic nitrogens is 2. The number of ether oxygens (including phenoxy) is 1. The minimum absolute atomic E-state index is 0.0438. The zero-order valence-electron chi connectivity index (χ0n) is 18.1. The van der Waals surface area contributed by atoms with E-state index in [-0.39, 0.29) is 37.4 Å². The highest BCUT2D eigenvalue weighted by molar-refractivity contribution is 6.31. The quantitative estimate of drug-likeness (QED) is 0.605.